The number of sulfonamides is 1. The van der Waals surface area contributed by atoms with E-state index >= 15 is 0 Å². The Kier molecular flexibility index (Phi) is 7.22. The number of ether oxygens (including phenoxy) is 1. The summed E-state index contributed by atoms with van der Waals surface area (Å²) in [5.74, 6) is -2.71. The molecule has 0 aliphatic rings. The Morgan fingerprint density at radius 2 is 1.89 bits per heavy atom. The SMILES string of the molecule is COCCN(CC(=O)Nc1cccc(C)c1C)S(=O)(=O)c1ccc(F)cc1F. The molecule has 1 N–H and O–H groups in total. The minimum atomic E-state index is -4.38. The summed E-state index contributed by atoms with van der Waals surface area (Å²) in [5.41, 5.74) is 2.38. The Morgan fingerprint density at radius 1 is 1.18 bits per heavy atom. The number of nitrogens with zero attached hydrogens (tertiary/aromatic N) is 1. The molecule has 2 aromatic carbocycles. The highest BCUT2D eigenvalue weighted by Crippen LogP contribution is 2.21. The van der Waals surface area contributed by atoms with E-state index in [1.54, 1.807) is 12.1 Å². The van der Waals surface area contributed by atoms with Crippen molar-refractivity contribution in [3.05, 3.63) is 59.2 Å². The van der Waals surface area contributed by atoms with Crippen molar-refractivity contribution >= 4 is 21.6 Å². The van der Waals surface area contributed by atoms with Crippen LogP contribution in [0.1, 0.15) is 11.1 Å². The molecule has 2 rings (SSSR count). The molecular weight excluding hydrogens is 390 g/mol. The molecule has 0 aromatic heterocycles. The van der Waals surface area contributed by atoms with Gasteiger partial charge in [-0.1, -0.05) is 12.1 Å². The van der Waals surface area contributed by atoms with Crippen LogP contribution in [-0.4, -0.2) is 45.4 Å². The molecule has 0 spiro atoms. The fraction of sp³-hybridized carbons (Fsp3) is 0.316. The molecule has 6 nitrogen and oxygen atoms in total. The van der Waals surface area contributed by atoms with E-state index in [9.17, 15) is 22.0 Å². The Morgan fingerprint density at radius 3 is 2.54 bits per heavy atom. The van der Waals surface area contributed by atoms with Crippen molar-refractivity contribution in [1.82, 2.24) is 4.31 Å². The molecule has 0 aliphatic carbocycles. The lowest BCUT2D eigenvalue weighted by atomic mass is 10.1. The van der Waals surface area contributed by atoms with Gasteiger partial charge in [0.15, 0.2) is 0 Å². The molecule has 0 saturated heterocycles. The van der Waals surface area contributed by atoms with Gasteiger partial charge in [0.25, 0.3) is 0 Å². The summed E-state index contributed by atoms with van der Waals surface area (Å²) >= 11 is 0. The monoisotopic (exact) mass is 412 g/mol. The zero-order chi connectivity index (χ0) is 20.9. The number of amides is 1. The van der Waals surface area contributed by atoms with E-state index < -0.39 is 39.0 Å². The molecule has 0 aliphatic heterocycles. The number of benzene rings is 2. The summed E-state index contributed by atoms with van der Waals surface area (Å²) in [7, 11) is -3.00. The average Bonchev–Trinajstić information content (AvgIpc) is 2.62. The molecule has 1 amide bonds. The molecule has 0 saturated carbocycles. The van der Waals surface area contributed by atoms with E-state index in [1.165, 1.54) is 7.11 Å². The molecule has 0 atom stereocenters. The largest absolute Gasteiger partial charge is 0.383 e. The summed E-state index contributed by atoms with van der Waals surface area (Å²) < 4.78 is 58.5. The highest BCUT2D eigenvalue weighted by molar-refractivity contribution is 7.89. The van der Waals surface area contributed by atoms with Crippen molar-refractivity contribution in [1.29, 1.82) is 0 Å². The third-order valence-electron chi connectivity index (χ3n) is 4.26. The van der Waals surface area contributed by atoms with Gasteiger partial charge in [0, 0.05) is 25.4 Å². The van der Waals surface area contributed by atoms with E-state index in [2.05, 4.69) is 5.32 Å². The van der Waals surface area contributed by atoms with Gasteiger partial charge in [-0.05, 0) is 43.2 Å². The average molecular weight is 412 g/mol. The number of carbonyl (C=O) groups excluding carboxylic acids is 1. The minimum absolute atomic E-state index is 0.00119. The van der Waals surface area contributed by atoms with Gasteiger partial charge in [-0.25, -0.2) is 17.2 Å². The van der Waals surface area contributed by atoms with E-state index in [1.807, 2.05) is 19.9 Å². The van der Waals surface area contributed by atoms with Crippen LogP contribution in [0.25, 0.3) is 0 Å². The second-order valence-corrected chi connectivity index (χ2v) is 8.11. The Balaban J connectivity index is 2.27. The zero-order valence-corrected chi connectivity index (χ0v) is 16.6. The van der Waals surface area contributed by atoms with Crippen LogP contribution < -0.4 is 5.32 Å². The van der Waals surface area contributed by atoms with Crippen molar-refractivity contribution < 1.29 is 26.7 Å². The van der Waals surface area contributed by atoms with Crippen LogP contribution in [-0.2, 0) is 19.6 Å². The van der Waals surface area contributed by atoms with E-state index in [-0.39, 0.29) is 13.2 Å². The second kappa shape index (κ2) is 9.22. The van der Waals surface area contributed by atoms with Gasteiger partial charge in [0.1, 0.15) is 16.5 Å². The number of hydrogen-bond donors (Lipinski definition) is 1. The Labute approximate surface area is 163 Å². The maximum absolute atomic E-state index is 14.0. The summed E-state index contributed by atoms with van der Waals surface area (Å²) in [6.45, 7) is 3.00. The standard InChI is InChI=1S/C19H22F2N2O4S/c1-13-5-4-6-17(14(13)2)22-19(24)12-23(9-10-27-3)28(25,26)18-8-7-15(20)11-16(18)21/h4-8,11H,9-10,12H2,1-3H3,(H,22,24). The van der Waals surface area contributed by atoms with Crippen LogP contribution in [0.5, 0.6) is 0 Å². The summed E-state index contributed by atoms with van der Waals surface area (Å²) in [4.78, 5) is 11.8. The lowest BCUT2D eigenvalue weighted by molar-refractivity contribution is -0.116. The fourth-order valence-electron chi connectivity index (χ4n) is 2.54. The maximum atomic E-state index is 14.0. The number of aryl methyl sites for hydroxylation is 1. The molecule has 0 heterocycles. The zero-order valence-electron chi connectivity index (χ0n) is 15.8. The number of nitrogens with one attached hydrogen (secondary N) is 1. The molecule has 28 heavy (non-hydrogen) atoms. The smallest absolute Gasteiger partial charge is 0.246 e. The third-order valence-corrected chi connectivity index (χ3v) is 6.13. The Bertz CT molecular complexity index is 964. The van der Waals surface area contributed by atoms with Gasteiger partial charge in [0.05, 0.1) is 13.2 Å². The predicted octanol–water partition coefficient (Wildman–Crippen LogP) is 2.86. The fourth-order valence-corrected chi connectivity index (χ4v) is 3.96. The van der Waals surface area contributed by atoms with Gasteiger partial charge >= 0.3 is 0 Å². The normalized spacial score (nSPS) is 11.6. The number of halogens is 2. The lowest BCUT2D eigenvalue weighted by Gasteiger charge is -2.22. The summed E-state index contributed by atoms with van der Waals surface area (Å²) in [6.07, 6.45) is 0. The van der Waals surface area contributed by atoms with E-state index in [0.29, 0.717) is 11.8 Å². The number of carbonyl (C=O) groups is 1. The van der Waals surface area contributed by atoms with Crippen LogP contribution in [0, 0.1) is 25.5 Å². The number of methoxy groups -OCH3 is 1. The molecule has 9 heteroatoms. The van der Waals surface area contributed by atoms with Crippen LogP contribution in [0.2, 0.25) is 0 Å². The van der Waals surface area contributed by atoms with Gasteiger partial charge in [-0.3, -0.25) is 4.79 Å². The van der Waals surface area contributed by atoms with Gasteiger partial charge in [-0.2, -0.15) is 4.31 Å². The molecule has 152 valence electrons. The van der Waals surface area contributed by atoms with Crippen molar-refractivity contribution in [2.75, 3.05) is 32.1 Å². The molecule has 2 aromatic rings. The highest BCUT2D eigenvalue weighted by Gasteiger charge is 2.29. The molecule has 0 bridgehead atoms. The van der Waals surface area contributed by atoms with E-state index in [0.717, 1.165) is 27.6 Å². The van der Waals surface area contributed by atoms with Crippen LogP contribution in [0.15, 0.2) is 41.3 Å². The van der Waals surface area contributed by atoms with Crippen molar-refractivity contribution in [3.8, 4) is 0 Å². The van der Waals surface area contributed by atoms with Crippen LogP contribution in [0.3, 0.4) is 0 Å². The van der Waals surface area contributed by atoms with Gasteiger partial charge < -0.3 is 10.1 Å². The first-order valence-corrected chi connectivity index (χ1v) is 9.91. The third kappa shape index (κ3) is 5.12. The molecule has 0 unspecified atom stereocenters. The van der Waals surface area contributed by atoms with Crippen LogP contribution >= 0.6 is 0 Å². The van der Waals surface area contributed by atoms with Gasteiger partial charge in [0.2, 0.25) is 15.9 Å². The number of rotatable bonds is 8. The summed E-state index contributed by atoms with van der Waals surface area (Å²) in [6, 6.07) is 7.53. The van der Waals surface area contributed by atoms with Crippen molar-refractivity contribution in [2.24, 2.45) is 0 Å². The van der Waals surface area contributed by atoms with Crippen molar-refractivity contribution in [3.63, 3.8) is 0 Å². The quantitative estimate of drug-likeness (QED) is 0.724. The molecule has 0 radical (unpaired) electrons. The van der Waals surface area contributed by atoms with Gasteiger partial charge in [-0.15, -0.1) is 0 Å². The van der Waals surface area contributed by atoms with Crippen LogP contribution in [0.4, 0.5) is 14.5 Å². The maximum Gasteiger partial charge on any atom is 0.246 e. The second-order valence-electron chi connectivity index (χ2n) is 6.20. The Hall–Kier alpha value is -2.36. The minimum Gasteiger partial charge on any atom is -0.383 e. The topological polar surface area (TPSA) is 75.7 Å². The lowest BCUT2D eigenvalue weighted by Crippen LogP contribution is -2.40. The first-order valence-electron chi connectivity index (χ1n) is 8.47. The number of hydrogen-bond acceptors (Lipinski definition) is 4. The molecule has 0 fully saturated rings. The first kappa shape index (κ1) is 21.9. The van der Waals surface area contributed by atoms with E-state index in [4.69, 9.17) is 4.74 Å². The molecular formula is C19H22F2N2O4S. The highest BCUT2D eigenvalue weighted by atomic mass is 32.2. The predicted molar refractivity (Wildman–Crippen MR) is 102 cm³/mol. The number of anilines is 1. The summed E-state index contributed by atoms with van der Waals surface area (Å²) in [5, 5.41) is 2.67. The first-order chi connectivity index (χ1) is 13.2. The van der Waals surface area contributed by atoms with Crippen molar-refractivity contribution in [2.45, 2.75) is 18.7 Å².